The van der Waals surface area contributed by atoms with E-state index in [4.69, 9.17) is 24.7 Å². The molecule has 0 N–H and O–H groups in total. The van der Waals surface area contributed by atoms with Gasteiger partial charge < -0.3 is 14.2 Å². The molecule has 1 aromatic rings. The summed E-state index contributed by atoms with van der Waals surface area (Å²) >= 11 is 0. The maximum atomic E-state index is 9.53. The van der Waals surface area contributed by atoms with Gasteiger partial charge in [0.2, 0.25) is 0 Å². The van der Waals surface area contributed by atoms with Crippen molar-refractivity contribution in [2.75, 3.05) is 14.2 Å². The van der Waals surface area contributed by atoms with Crippen LogP contribution in [-0.4, -0.2) is 19.8 Å². The highest BCUT2D eigenvalue weighted by Gasteiger charge is 2.38. The van der Waals surface area contributed by atoms with E-state index in [2.05, 4.69) is 0 Å². The van der Waals surface area contributed by atoms with Gasteiger partial charge in [-0.2, -0.15) is 15.8 Å². The van der Waals surface area contributed by atoms with Crippen molar-refractivity contribution in [1.29, 1.82) is 15.8 Å². The minimum Gasteiger partial charge on any atom is -0.497 e. The van der Waals surface area contributed by atoms with Crippen LogP contribution in [0.4, 0.5) is 0 Å². The molecule has 1 aliphatic rings. The molecule has 0 unspecified atom stereocenters. The Hall–Kier alpha value is -3.69. The van der Waals surface area contributed by atoms with E-state index < -0.39 is 5.60 Å². The van der Waals surface area contributed by atoms with Gasteiger partial charge in [-0.15, -0.1) is 0 Å². The molecule has 0 bridgehead atoms. The fourth-order valence-electron chi connectivity index (χ4n) is 2.59. The lowest BCUT2D eigenvalue weighted by Crippen LogP contribution is -2.20. The van der Waals surface area contributed by atoms with Gasteiger partial charge in [0.15, 0.2) is 11.3 Å². The standard InChI is InChI=1S/C20H17N3O3/c1-20(2)18(17(12-23)19(26-20)14(10-21)11-22)6-5-13-7-15(24-3)9-16(8-13)25-4/h5-9H,1-4H3/b6-5+. The molecule has 0 atom stereocenters. The first-order valence-electron chi connectivity index (χ1n) is 7.70. The molecule has 0 fully saturated rings. The van der Waals surface area contributed by atoms with Crippen LogP contribution in [0.15, 0.2) is 46.8 Å². The Labute approximate surface area is 152 Å². The van der Waals surface area contributed by atoms with E-state index in [1.165, 1.54) is 0 Å². The van der Waals surface area contributed by atoms with Crippen LogP contribution in [-0.2, 0) is 4.74 Å². The van der Waals surface area contributed by atoms with Crippen LogP contribution in [0.1, 0.15) is 19.4 Å². The molecular weight excluding hydrogens is 330 g/mol. The zero-order valence-corrected chi connectivity index (χ0v) is 15.0. The summed E-state index contributed by atoms with van der Waals surface area (Å²) in [5.41, 5.74) is 0.499. The molecule has 1 aliphatic heterocycles. The first-order valence-corrected chi connectivity index (χ1v) is 7.70. The predicted octanol–water partition coefficient (Wildman–Crippen LogP) is 3.65. The number of allylic oxidation sites excluding steroid dienone is 2. The van der Waals surface area contributed by atoms with E-state index in [0.717, 1.165) is 5.56 Å². The zero-order chi connectivity index (χ0) is 19.3. The van der Waals surface area contributed by atoms with Gasteiger partial charge in [0.1, 0.15) is 40.9 Å². The Morgan fingerprint density at radius 2 is 1.58 bits per heavy atom. The number of hydrogen-bond donors (Lipinski definition) is 0. The molecule has 2 rings (SSSR count). The molecule has 0 amide bonds. The summed E-state index contributed by atoms with van der Waals surface area (Å²) in [7, 11) is 3.13. The van der Waals surface area contributed by atoms with Crippen molar-refractivity contribution in [3.8, 4) is 29.7 Å². The molecule has 130 valence electrons. The molecule has 0 spiro atoms. The van der Waals surface area contributed by atoms with Crippen molar-refractivity contribution in [2.45, 2.75) is 19.4 Å². The largest absolute Gasteiger partial charge is 0.497 e. The fraction of sp³-hybridized carbons (Fsp3) is 0.250. The number of methoxy groups -OCH3 is 2. The molecular formula is C20H17N3O3. The topological polar surface area (TPSA) is 99.1 Å². The van der Waals surface area contributed by atoms with Crippen molar-refractivity contribution >= 4 is 6.08 Å². The summed E-state index contributed by atoms with van der Waals surface area (Å²) in [4.78, 5) is 0. The van der Waals surface area contributed by atoms with E-state index >= 15 is 0 Å². The summed E-state index contributed by atoms with van der Waals surface area (Å²) in [5.74, 6) is 1.29. The molecule has 0 aromatic heterocycles. The molecule has 0 aliphatic carbocycles. The second-order valence-electron chi connectivity index (χ2n) is 5.92. The Morgan fingerprint density at radius 3 is 2.04 bits per heavy atom. The van der Waals surface area contributed by atoms with E-state index in [1.807, 2.05) is 18.2 Å². The van der Waals surface area contributed by atoms with E-state index in [-0.39, 0.29) is 16.9 Å². The molecule has 6 heteroatoms. The van der Waals surface area contributed by atoms with Crippen LogP contribution < -0.4 is 9.47 Å². The lowest BCUT2D eigenvalue weighted by Gasteiger charge is -2.20. The maximum absolute atomic E-state index is 9.53. The van der Waals surface area contributed by atoms with Gasteiger partial charge in [-0.1, -0.05) is 12.2 Å². The quantitative estimate of drug-likeness (QED) is 0.771. The molecule has 0 saturated carbocycles. The second kappa shape index (κ2) is 7.47. The molecule has 1 aromatic carbocycles. The normalized spacial score (nSPS) is 15.0. The third-order valence-electron chi connectivity index (χ3n) is 3.88. The van der Waals surface area contributed by atoms with E-state index in [0.29, 0.717) is 17.1 Å². The summed E-state index contributed by atoms with van der Waals surface area (Å²) in [5, 5.41) is 27.7. The highest BCUT2D eigenvalue weighted by molar-refractivity contribution is 5.65. The summed E-state index contributed by atoms with van der Waals surface area (Å²) in [6, 6.07) is 11.0. The number of ether oxygens (including phenoxy) is 3. The van der Waals surface area contributed by atoms with Crippen LogP contribution in [0.5, 0.6) is 11.5 Å². The monoisotopic (exact) mass is 347 g/mol. The number of nitriles is 3. The van der Waals surface area contributed by atoms with E-state index in [9.17, 15) is 5.26 Å². The molecule has 0 saturated heterocycles. The Kier molecular flexibility index (Phi) is 5.36. The van der Waals surface area contributed by atoms with Gasteiger partial charge in [0.05, 0.1) is 14.2 Å². The van der Waals surface area contributed by atoms with Gasteiger partial charge in [0, 0.05) is 11.6 Å². The smallest absolute Gasteiger partial charge is 0.172 e. The van der Waals surface area contributed by atoms with Gasteiger partial charge in [-0.25, -0.2) is 0 Å². The van der Waals surface area contributed by atoms with Crippen LogP contribution in [0.25, 0.3) is 6.08 Å². The van der Waals surface area contributed by atoms with Gasteiger partial charge in [0.25, 0.3) is 0 Å². The number of rotatable bonds is 4. The highest BCUT2D eigenvalue weighted by atomic mass is 16.5. The molecule has 1 heterocycles. The van der Waals surface area contributed by atoms with Gasteiger partial charge >= 0.3 is 0 Å². The van der Waals surface area contributed by atoms with Crippen LogP contribution in [0, 0.1) is 34.0 Å². The Balaban J connectivity index is 2.56. The first-order chi connectivity index (χ1) is 12.4. The van der Waals surface area contributed by atoms with Crippen molar-refractivity contribution in [3.05, 3.63) is 52.3 Å². The Morgan fingerprint density at radius 1 is 1.00 bits per heavy atom. The van der Waals surface area contributed by atoms with Crippen LogP contribution in [0.3, 0.4) is 0 Å². The van der Waals surface area contributed by atoms with E-state index in [1.54, 1.807) is 58.4 Å². The second-order valence-corrected chi connectivity index (χ2v) is 5.92. The third-order valence-corrected chi connectivity index (χ3v) is 3.88. The average Bonchev–Trinajstić information content (AvgIpc) is 2.90. The van der Waals surface area contributed by atoms with Crippen LogP contribution in [0.2, 0.25) is 0 Å². The zero-order valence-electron chi connectivity index (χ0n) is 15.0. The lowest BCUT2D eigenvalue weighted by atomic mass is 9.94. The Bertz CT molecular complexity index is 910. The van der Waals surface area contributed by atoms with Crippen molar-refractivity contribution < 1.29 is 14.2 Å². The molecule has 6 nitrogen and oxygen atoms in total. The summed E-state index contributed by atoms with van der Waals surface area (Å²) in [6.45, 7) is 3.55. The highest BCUT2D eigenvalue weighted by Crippen LogP contribution is 2.40. The van der Waals surface area contributed by atoms with Crippen molar-refractivity contribution in [2.24, 2.45) is 0 Å². The third kappa shape index (κ3) is 3.53. The minimum absolute atomic E-state index is 0.0189. The maximum Gasteiger partial charge on any atom is 0.172 e. The molecule has 0 radical (unpaired) electrons. The molecule has 26 heavy (non-hydrogen) atoms. The minimum atomic E-state index is -0.848. The lowest BCUT2D eigenvalue weighted by molar-refractivity contribution is 0.0954. The number of nitrogens with zero attached hydrogens (tertiary/aromatic N) is 3. The predicted molar refractivity (Wildman–Crippen MR) is 94.6 cm³/mol. The summed E-state index contributed by atoms with van der Waals surface area (Å²) < 4.78 is 16.2. The SMILES string of the molecule is COc1cc(/C=C/C2=C(C#N)C(=C(C#N)C#N)OC2(C)C)cc(OC)c1. The van der Waals surface area contributed by atoms with Gasteiger partial charge in [-0.3, -0.25) is 0 Å². The van der Waals surface area contributed by atoms with Crippen LogP contribution >= 0.6 is 0 Å². The van der Waals surface area contributed by atoms with Crippen molar-refractivity contribution in [3.63, 3.8) is 0 Å². The van der Waals surface area contributed by atoms with Crippen molar-refractivity contribution in [1.82, 2.24) is 0 Å². The fourth-order valence-corrected chi connectivity index (χ4v) is 2.59. The average molecular weight is 347 g/mol. The summed E-state index contributed by atoms with van der Waals surface area (Å²) in [6.07, 6.45) is 3.54. The number of benzene rings is 1. The first kappa shape index (κ1) is 18.6. The van der Waals surface area contributed by atoms with Gasteiger partial charge in [-0.05, 0) is 31.5 Å². The number of hydrogen-bond acceptors (Lipinski definition) is 6.